The summed E-state index contributed by atoms with van der Waals surface area (Å²) in [5.41, 5.74) is -1.73. The van der Waals surface area contributed by atoms with Crippen molar-refractivity contribution in [2.75, 3.05) is 13.1 Å². The molecule has 1 aliphatic rings. The number of halogens is 1. The van der Waals surface area contributed by atoms with Crippen LogP contribution < -0.4 is 4.74 Å². The van der Waals surface area contributed by atoms with Crippen LogP contribution in [0, 0.1) is 0 Å². The molecule has 1 heterocycles. The Hall–Kier alpha value is -1.60. The maximum Gasteiger partial charge on any atom is 0.335 e. The Balaban J connectivity index is 1.93. The SMILES string of the molecule is CC(Oc1cccc(Br)c1)C(=O)N1CCC(O)(C(=O)O)CC1. The van der Waals surface area contributed by atoms with Crippen LogP contribution in [-0.2, 0) is 9.59 Å². The van der Waals surface area contributed by atoms with Crippen LogP contribution in [0.5, 0.6) is 5.75 Å². The molecule has 0 radical (unpaired) electrons. The van der Waals surface area contributed by atoms with Gasteiger partial charge in [0.25, 0.3) is 5.91 Å². The van der Waals surface area contributed by atoms with Crippen molar-refractivity contribution >= 4 is 27.8 Å². The van der Waals surface area contributed by atoms with Crippen molar-refractivity contribution in [2.24, 2.45) is 0 Å². The van der Waals surface area contributed by atoms with Gasteiger partial charge in [0.1, 0.15) is 5.75 Å². The Morgan fingerprint density at radius 2 is 2.00 bits per heavy atom. The molecule has 1 atom stereocenters. The van der Waals surface area contributed by atoms with Crippen LogP contribution in [0.3, 0.4) is 0 Å². The van der Waals surface area contributed by atoms with Crippen molar-refractivity contribution < 1.29 is 24.5 Å². The summed E-state index contributed by atoms with van der Waals surface area (Å²) in [7, 11) is 0. The van der Waals surface area contributed by atoms with Crippen molar-refractivity contribution in [3.8, 4) is 5.75 Å². The van der Waals surface area contributed by atoms with E-state index in [9.17, 15) is 14.7 Å². The first-order chi connectivity index (χ1) is 10.3. The summed E-state index contributed by atoms with van der Waals surface area (Å²) in [6.07, 6.45) is -0.625. The van der Waals surface area contributed by atoms with Crippen molar-refractivity contribution in [1.29, 1.82) is 0 Å². The fraction of sp³-hybridized carbons (Fsp3) is 0.467. The molecular formula is C15H18BrNO5. The van der Waals surface area contributed by atoms with Gasteiger partial charge in [-0.15, -0.1) is 0 Å². The van der Waals surface area contributed by atoms with Gasteiger partial charge in [-0.2, -0.15) is 0 Å². The van der Waals surface area contributed by atoms with E-state index in [1.165, 1.54) is 4.90 Å². The number of ether oxygens (including phenoxy) is 1. The zero-order valence-electron chi connectivity index (χ0n) is 12.2. The Bertz CT molecular complexity index is 569. The van der Waals surface area contributed by atoms with Gasteiger partial charge in [-0.25, -0.2) is 4.79 Å². The highest BCUT2D eigenvalue weighted by atomic mass is 79.9. The molecule has 0 saturated carbocycles. The number of nitrogens with zero attached hydrogens (tertiary/aromatic N) is 1. The Morgan fingerprint density at radius 1 is 1.36 bits per heavy atom. The van der Waals surface area contributed by atoms with Gasteiger partial charge < -0.3 is 19.8 Å². The van der Waals surface area contributed by atoms with E-state index >= 15 is 0 Å². The number of likely N-dealkylation sites (tertiary alicyclic amines) is 1. The third-order valence-corrected chi connectivity index (χ3v) is 4.25. The van der Waals surface area contributed by atoms with Gasteiger partial charge in [-0.05, 0) is 25.1 Å². The van der Waals surface area contributed by atoms with Gasteiger partial charge in [0.2, 0.25) is 0 Å². The van der Waals surface area contributed by atoms with Gasteiger partial charge in [0, 0.05) is 30.4 Å². The molecule has 120 valence electrons. The molecule has 1 aliphatic heterocycles. The molecule has 2 rings (SSSR count). The molecule has 1 saturated heterocycles. The lowest BCUT2D eigenvalue weighted by atomic mass is 9.91. The number of benzene rings is 1. The molecule has 0 spiro atoms. The molecule has 1 fully saturated rings. The zero-order chi connectivity index (χ0) is 16.3. The predicted octanol–water partition coefficient (Wildman–Crippen LogP) is 1.65. The molecule has 0 aromatic heterocycles. The van der Waals surface area contributed by atoms with E-state index in [1.807, 2.05) is 12.1 Å². The third-order valence-electron chi connectivity index (χ3n) is 3.76. The van der Waals surface area contributed by atoms with Crippen LogP contribution >= 0.6 is 15.9 Å². The molecule has 0 aliphatic carbocycles. The number of rotatable bonds is 4. The Morgan fingerprint density at radius 3 is 2.55 bits per heavy atom. The number of carboxylic acids is 1. The number of carboxylic acid groups (broad SMARTS) is 1. The fourth-order valence-corrected chi connectivity index (χ4v) is 2.74. The van der Waals surface area contributed by atoms with Crippen LogP contribution in [0.25, 0.3) is 0 Å². The van der Waals surface area contributed by atoms with Crippen LogP contribution in [0.4, 0.5) is 0 Å². The second kappa shape index (κ2) is 6.66. The normalized spacial score (nSPS) is 18.6. The number of carbonyl (C=O) groups is 2. The first kappa shape index (κ1) is 16.8. The topological polar surface area (TPSA) is 87.1 Å². The minimum absolute atomic E-state index is 0.0255. The number of amides is 1. The van der Waals surface area contributed by atoms with E-state index in [0.29, 0.717) is 5.75 Å². The first-order valence-electron chi connectivity index (χ1n) is 6.98. The summed E-state index contributed by atoms with van der Waals surface area (Å²) in [5.74, 6) is -0.875. The van der Waals surface area contributed by atoms with Crippen molar-refractivity contribution in [2.45, 2.75) is 31.5 Å². The summed E-state index contributed by atoms with van der Waals surface area (Å²) in [4.78, 5) is 24.8. The average molecular weight is 372 g/mol. The lowest BCUT2D eigenvalue weighted by Crippen LogP contribution is -2.53. The molecular weight excluding hydrogens is 354 g/mol. The fourth-order valence-electron chi connectivity index (χ4n) is 2.36. The largest absolute Gasteiger partial charge is 0.481 e. The van der Waals surface area contributed by atoms with Crippen LogP contribution in [0.2, 0.25) is 0 Å². The average Bonchev–Trinajstić information content (AvgIpc) is 2.47. The number of hydrogen-bond acceptors (Lipinski definition) is 4. The summed E-state index contributed by atoms with van der Waals surface area (Å²) >= 11 is 3.33. The van der Waals surface area contributed by atoms with E-state index in [0.717, 1.165) is 4.47 Å². The lowest BCUT2D eigenvalue weighted by molar-refractivity contribution is -0.166. The van der Waals surface area contributed by atoms with Gasteiger partial charge >= 0.3 is 5.97 Å². The third kappa shape index (κ3) is 3.78. The van der Waals surface area contributed by atoms with E-state index in [2.05, 4.69) is 15.9 Å². The molecule has 6 nitrogen and oxygen atoms in total. The highest BCUT2D eigenvalue weighted by Crippen LogP contribution is 2.24. The molecule has 1 amide bonds. The maximum absolute atomic E-state index is 12.3. The van der Waals surface area contributed by atoms with Crippen LogP contribution in [0.15, 0.2) is 28.7 Å². The maximum atomic E-state index is 12.3. The highest BCUT2D eigenvalue weighted by molar-refractivity contribution is 9.10. The van der Waals surface area contributed by atoms with Crippen molar-refractivity contribution in [1.82, 2.24) is 4.90 Å². The van der Waals surface area contributed by atoms with Gasteiger partial charge in [-0.1, -0.05) is 22.0 Å². The minimum atomic E-state index is -1.73. The van der Waals surface area contributed by atoms with E-state index < -0.39 is 17.7 Å². The Labute approximate surface area is 136 Å². The van der Waals surface area contributed by atoms with E-state index in [1.54, 1.807) is 19.1 Å². The van der Waals surface area contributed by atoms with Crippen molar-refractivity contribution in [3.05, 3.63) is 28.7 Å². The standard InChI is InChI=1S/C15H18BrNO5/c1-10(22-12-4-2-3-11(16)9-12)13(18)17-7-5-15(21,6-8-17)14(19)20/h2-4,9-10,21H,5-8H2,1H3,(H,19,20). The van der Waals surface area contributed by atoms with Crippen LogP contribution in [-0.4, -0.2) is 51.8 Å². The number of piperidine rings is 1. The smallest absolute Gasteiger partial charge is 0.335 e. The summed E-state index contributed by atoms with van der Waals surface area (Å²) in [5, 5.41) is 18.8. The molecule has 0 bridgehead atoms. The molecule has 1 unspecified atom stereocenters. The van der Waals surface area contributed by atoms with Gasteiger partial charge in [-0.3, -0.25) is 4.79 Å². The molecule has 1 aromatic carbocycles. The Kier molecular flexibility index (Phi) is 5.08. The van der Waals surface area contributed by atoms with Gasteiger partial charge in [0.05, 0.1) is 0 Å². The number of carbonyl (C=O) groups excluding carboxylic acids is 1. The molecule has 2 N–H and O–H groups in total. The number of aliphatic hydroxyl groups is 1. The van der Waals surface area contributed by atoms with Crippen LogP contribution in [0.1, 0.15) is 19.8 Å². The summed E-state index contributed by atoms with van der Waals surface area (Å²) < 4.78 is 6.47. The second-order valence-corrected chi connectivity index (χ2v) is 6.30. The lowest BCUT2D eigenvalue weighted by Gasteiger charge is -2.36. The first-order valence-corrected chi connectivity index (χ1v) is 7.78. The van der Waals surface area contributed by atoms with Gasteiger partial charge in [0.15, 0.2) is 11.7 Å². The summed E-state index contributed by atoms with van der Waals surface area (Å²) in [6, 6.07) is 7.19. The number of hydrogen-bond donors (Lipinski definition) is 2. The minimum Gasteiger partial charge on any atom is -0.481 e. The monoisotopic (exact) mass is 371 g/mol. The highest BCUT2D eigenvalue weighted by Gasteiger charge is 2.41. The summed E-state index contributed by atoms with van der Waals surface area (Å²) in [6.45, 7) is 2.06. The molecule has 22 heavy (non-hydrogen) atoms. The second-order valence-electron chi connectivity index (χ2n) is 5.38. The quantitative estimate of drug-likeness (QED) is 0.840. The zero-order valence-corrected chi connectivity index (χ0v) is 13.7. The molecule has 1 aromatic rings. The predicted molar refractivity (Wildman–Crippen MR) is 82.6 cm³/mol. The number of aliphatic carboxylic acids is 1. The molecule has 7 heteroatoms. The van der Waals surface area contributed by atoms with E-state index in [-0.39, 0.29) is 31.8 Å². The van der Waals surface area contributed by atoms with E-state index in [4.69, 9.17) is 9.84 Å². The van der Waals surface area contributed by atoms with Crippen molar-refractivity contribution in [3.63, 3.8) is 0 Å².